The highest BCUT2D eigenvalue weighted by Gasteiger charge is 2.26. The highest BCUT2D eigenvalue weighted by molar-refractivity contribution is 6.08. The molecule has 3 rings (SSSR count). The van der Waals surface area contributed by atoms with E-state index in [-0.39, 0.29) is 18.6 Å². The van der Waals surface area contributed by atoms with Crippen molar-refractivity contribution in [1.82, 2.24) is 5.32 Å². The van der Waals surface area contributed by atoms with Crippen LogP contribution in [0.2, 0.25) is 0 Å². The molecular weight excluding hydrogens is 278 g/mol. The van der Waals surface area contributed by atoms with E-state index in [9.17, 15) is 9.90 Å². The minimum atomic E-state index is -0.643. The summed E-state index contributed by atoms with van der Waals surface area (Å²) in [7, 11) is 0. The van der Waals surface area contributed by atoms with Gasteiger partial charge in [-0.05, 0) is 36.6 Å². The van der Waals surface area contributed by atoms with E-state index in [0.29, 0.717) is 18.6 Å². The maximum atomic E-state index is 12.7. The second-order valence-corrected chi connectivity index (χ2v) is 5.99. The molecule has 4 heteroatoms. The van der Waals surface area contributed by atoms with Crippen molar-refractivity contribution in [2.24, 2.45) is 0 Å². The van der Waals surface area contributed by atoms with Crippen LogP contribution in [0.15, 0.2) is 30.3 Å². The molecule has 0 radical (unpaired) electrons. The first-order valence-electron chi connectivity index (χ1n) is 7.63. The van der Waals surface area contributed by atoms with E-state index < -0.39 is 6.10 Å². The molecule has 22 heavy (non-hydrogen) atoms. The van der Waals surface area contributed by atoms with Crippen LogP contribution >= 0.6 is 0 Å². The van der Waals surface area contributed by atoms with Gasteiger partial charge in [-0.25, -0.2) is 0 Å². The Labute approximate surface area is 130 Å². The first-order valence-corrected chi connectivity index (χ1v) is 7.63. The third-order valence-electron chi connectivity index (χ3n) is 4.25. The van der Waals surface area contributed by atoms with Crippen molar-refractivity contribution >= 4 is 16.7 Å². The number of hydrogen-bond acceptors (Lipinski definition) is 3. The van der Waals surface area contributed by atoms with Crippen LogP contribution in [0.25, 0.3) is 10.8 Å². The molecule has 0 aromatic heterocycles. The van der Waals surface area contributed by atoms with Crippen LogP contribution in [0.5, 0.6) is 0 Å². The lowest BCUT2D eigenvalue weighted by atomic mass is 9.97. The van der Waals surface area contributed by atoms with Crippen LogP contribution in [-0.4, -0.2) is 36.4 Å². The summed E-state index contributed by atoms with van der Waals surface area (Å²) in [6.45, 7) is 4.82. The van der Waals surface area contributed by atoms with Gasteiger partial charge < -0.3 is 15.2 Å². The molecule has 0 spiro atoms. The van der Waals surface area contributed by atoms with E-state index in [2.05, 4.69) is 11.4 Å². The van der Waals surface area contributed by atoms with Gasteiger partial charge in [-0.3, -0.25) is 4.79 Å². The first kappa shape index (κ1) is 15.0. The Kier molecular flexibility index (Phi) is 4.14. The fourth-order valence-electron chi connectivity index (χ4n) is 2.99. The molecule has 1 fully saturated rings. The SMILES string of the molecule is Cc1ccc2c(C(=O)N[C@@H]3CCOC[C@H]3O)c(C)ccc2c1. The maximum absolute atomic E-state index is 12.7. The number of benzene rings is 2. The third-order valence-corrected chi connectivity index (χ3v) is 4.25. The second-order valence-electron chi connectivity index (χ2n) is 5.99. The number of rotatable bonds is 2. The zero-order chi connectivity index (χ0) is 15.7. The fourth-order valence-corrected chi connectivity index (χ4v) is 2.99. The van der Waals surface area contributed by atoms with Crippen molar-refractivity contribution in [3.8, 4) is 0 Å². The molecule has 2 N–H and O–H groups in total. The molecule has 1 saturated heterocycles. The van der Waals surface area contributed by atoms with Gasteiger partial charge in [0.2, 0.25) is 0 Å². The van der Waals surface area contributed by atoms with E-state index in [1.54, 1.807) is 0 Å². The summed E-state index contributed by atoms with van der Waals surface area (Å²) >= 11 is 0. The molecular formula is C18H21NO3. The average Bonchev–Trinajstić information content (AvgIpc) is 2.49. The smallest absolute Gasteiger partial charge is 0.252 e. The third kappa shape index (κ3) is 2.85. The van der Waals surface area contributed by atoms with Gasteiger partial charge in [-0.1, -0.05) is 35.9 Å². The number of nitrogens with one attached hydrogen (secondary N) is 1. The Morgan fingerprint density at radius 1 is 1.27 bits per heavy atom. The summed E-state index contributed by atoms with van der Waals surface area (Å²) < 4.78 is 5.21. The van der Waals surface area contributed by atoms with E-state index in [4.69, 9.17) is 4.74 Å². The van der Waals surface area contributed by atoms with Crippen LogP contribution in [0.1, 0.15) is 27.9 Å². The van der Waals surface area contributed by atoms with Crippen LogP contribution in [0, 0.1) is 13.8 Å². The number of carbonyl (C=O) groups is 1. The van der Waals surface area contributed by atoms with Gasteiger partial charge in [0.25, 0.3) is 5.91 Å². The Morgan fingerprint density at radius 2 is 2.09 bits per heavy atom. The van der Waals surface area contributed by atoms with Crippen LogP contribution in [-0.2, 0) is 4.74 Å². The summed E-state index contributed by atoms with van der Waals surface area (Å²) in [6.07, 6.45) is -0.00856. The zero-order valence-corrected chi connectivity index (χ0v) is 12.9. The number of carbonyl (C=O) groups excluding carboxylic acids is 1. The topological polar surface area (TPSA) is 58.6 Å². The standard InChI is InChI=1S/C18H21NO3/c1-11-3-6-14-13(9-11)5-4-12(2)17(14)18(21)19-15-7-8-22-10-16(15)20/h3-6,9,15-16,20H,7-8,10H2,1-2H3,(H,19,21)/t15-,16-/m1/s1. The number of ether oxygens (including phenoxy) is 1. The minimum absolute atomic E-state index is 0.127. The van der Waals surface area contributed by atoms with Crippen molar-refractivity contribution in [2.45, 2.75) is 32.4 Å². The van der Waals surface area contributed by atoms with Gasteiger partial charge in [0, 0.05) is 6.61 Å². The predicted molar refractivity (Wildman–Crippen MR) is 86.1 cm³/mol. The lowest BCUT2D eigenvalue weighted by Gasteiger charge is -2.28. The van der Waals surface area contributed by atoms with Gasteiger partial charge in [0.15, 0.2) is 0 Å². The summed E-state index contributed by atoms with van der Waals surface area (Å²) in [4.78, 5) is 12.7. The van der Waals surface area contributed by atoms with Crippen LogP contribution < -0.4 is 5.32 Å². The van der Waals surface area contributed by atoms with Crippen molar-refractivity contribution in [3.05, 3.63) is 47.0 Å². The highest BCUT2D eigenvalue weighted by atomic mass is 16.5. The summed E-state index contributed by atoms with van der Waals surface area (Å²) in [5.41, 5.74) is 2.80. The predicted octanol–water partition coefficient (Wildman–Crippen LogP) is 2.34. The number of hydrogen-bond donors (Lipinski definition) is 2. The fraction of sp³-hybridized carbons (Fsp3) is 0.389. The number of fused-ring (bicyclic) bond motifs is 1. The molecule has 4 nitrogen and oxygen atoms in total. The van der Waals surface area contributed by atoms with Crippen molar-refractivity contribution in [3.63, 3.8) is 0 Å². The molecule has 1 aliphatic heterocycles. The quantitative estimate of drug-likeness (QED) is 0.895. The second kappa shape index (κ2) is 6.07. The molecule has 2 aromatic rings. The largest absolute Gasteiger partial charge is 0.389 e. The monoisotopic (exact) mass is 299 g/mol. The molecule has 1 aliphatic rings. The molecule has 1 amide bonds. The molecule has 1 heterocycles. The molecule has 0 bridgehead atoms. The van der Waals surface area contributed by atoms with Crippen molar-refractivity contribution in [2.75, 3.05) is 13.2 Å². The van der Waals surface area contributed by atoms with Gasteiger partial charge >= 0.3 is 0 Å². The summed E-state index contributed by atoms with van der Waals surface area (Å²) in [5, 5.41) is 14.9. The van der Waals surface area contributed by atoms with E-state index in [1.807, 2.05) is 38.1 Å². The summed E-state index contributed by atoms with van der Waals surface area (Å²) in [6, 6.07) is 9.85. The lowest BCUT2D eigenvalue weighted by Crippen LogP contribution is -2.48. The van der Waals surface area contributed by atoms with E-state index in [1.165, 1.54) is 5.56 Å². The molecule has 2 atom stereocenters. The van der Waals surface area contributed by atoms with Crippen molar-refractivity contribution in [1.29, 1.82) is 0 Å². The average molecular weight is 299 g/mol. The van der Waals surface area contributed by atoms with E-state index >= 15 is 0 Å². The molecule has 0 aliphatic carbocycles. The van der Waals surface area contributed by atoms with Gasteiger partial charge in [-0.15, -0.1) is 0 Å². The number of amides is 1. The number of aliphatic hydroxyl groups excluding tert-OH is 1. The minimum Gasteiger partial charge on any atom is -0.389 e. The number of aliphatic hydroxyl groups is 1. The zero-order valence-electron chi connectivity index (χ0n) is 12.9. The highest BCUT2D eigenvalue weighted by Crippen LogP contribution is 2.24. The maximum Gasteiger partial charge on any atom is 0.252 e. The Bertz CT molecular complexity index is 711. The van der Waals surface area contributed by atoms with Crippen LogP contribution in [0.3, 0.4) is 0 Å². The lowest BCUT2D eigenvalue weighted by molar-refractivity contribution is -0.0260. The molecule has 2 aromatic carbocycles. The first-order chi connectivity index (χ1) is 10.6. The summed E-state index contributed by atoms with van der Waals surface area (Å²) in [5.74, 6) is -0.127. The van der Waals surface area contributed by atoms with Crippen LogP contribution in [0.4, 0.5) is 0 Å². The van der Waals surface area contributed by atoms with Gasteiger partial charge in [0.05, 0.1) is 24.3 Å². The Balaban J connectivity index is 1.94. The van der Waals surface area contributed by atoms with E-state index in [0.717, 1.165) is 16.3 Å². The molecule has 0 unspecified atom stereocenters. The normalized spacial score (nSPS) is 21.8. The van der Waals surface area contributed by atoms with Gasteiger partial charge in [0.1, 0.15) is 0 Å². The van der Waals surface area contributed by atoms with Crippen molar-refractivity contribution < 1.29 is 14.6 Å². The molecule has 116 valence electrons. The van der Waals surface area contributed by atoms with Gasteiger partial charge in [-0.2, -0.15) is 0 Å². The molecule has 0 saturated carbocycles. The Morgan fingerprint density at radius 3 is 2.86 bits per heavy atom. The Hall–Kier alpha value is -1.91. The number of aryl methyl sites for hydroxylation is 2.